The second-order valence-electron chi connectivity index (χ2n) is 40.3. The highest BCUT2D eigenvalue weighted by molar-refractivity contribution is 6.01. The number of nitrogens with zero attached hydrogens (tertiary/aromatic N) is 10. The molecule has 660 valence electrons. The molecule has 10 aliphatic heterocycles. The Kier molecular flexibility index (Phi) is 16.9. The number of pyridine rings is 5. The number of hydrogen-bond acceptors (Lipinski definition) is 10. The van der Waals surface area contributed by atoms with Gasteiger partial charge in [-0.05, 0) is 316 Å². The molecule has 0 unspecified atom stereocenters. The molecule has 0 saturated carbocycles. The maximum Gasteiger partial charge on any atom is 0.0716 e. The summed E-state index contributed by atoms with van der Waals surface area (Å²) in [5.41, 5.74) is 76.1. The van der Waals surface area contributed by atoms with E-state index >= 15 is 0 Å². The summed E-state index contributed by atoms with van der Waals surface area (Å²) < 4.78 is 0. The highest BCUT2D eigenvalue weighted by Crippen LogP contribution is 2.61. The lowest BCUT2D eigenvalue weighted by atomic mass is 9.84. The fourth-order valence-electron chi connectivity index (χ4n) is 26.9. The smallest absolute Gasteiger partial charge is 0.0716 e. The van der Waals surface area contributed by atoms with Crippen LogP contribution < -0.4 is 24.5 Å². The zero-order valence-electron chi connectivity index (χ0n) is 77.2. The Morgan fingerprint density at radius 2 is 0.479 bits per heavy atom. The molecule has 15 heterocycles. The van der Waals surface area contributed by atoms with Crippen LogP contribution in [0.5, 0.6) is 0 Å². The van der Waals surface area contributed by atoms with Gasteiger partial charge >= 0.3 is 0 Å². The normalized spacial score (nSPS) is 14.6. The predicted octanol–water partition coefficient (Wildman–Crippen LogP) is 29.7. The third kappa shape index (κ3) is 11.7. The molecule has 0 fully saturated rings. The van der Waals surface area contributed by atoms with E-state index in [1.165, 1.54) is 308 Å². The highest BCUT2D eigenvalue weighted by atomic mass is 15.2. The highest BCUT2D eigenvalue weighted by Gasteiger charge is 2.43. The molecule has 0 bridgehead atoms. The van der Waals surface area contributed by atoms with Gasteiger partial charge in [0.2, 0.25) is 0 Å². The third-order valence-electron chi connectivity index (χ3n) is 32.7. The van der Waals surface area contributed by atoms with E-state index in [2.05, 4.69) is 367 Å². The van der Waals surface area contributed by atoms with E-state index < -0.39 is 0 Å². The van der Waals surface area contributed by atoms with Crippen LogP contribution in [0.3, 0.4) is 0 Å². The summed E-state index contributed by atoms with van der Waals surface area (Å²) in [5.74, 6) is 0. The third-order valence-corrected chi connectivity index (χ3v) is 32.7. The average molecular weight is 1790 g/mol. The summed E-state index contributed by atoms with van der Waals surface area (Å²) in [6.07, 6.45) is 30.8. The van der Waals surface area contributed by atoms with Crippen molar-refractivity contribution < 1.29 is 0 Å². The zero-order chi connectivity index (χ0) is 91.2. The Balaban J connectivity index is 0.0000000806. The van der Waals surface area contributed by atoms with Crippen molar-refractivity contribution in [3.8, 4) is 55.6 Å². The van der Waals surface area contributed by atoms with Gasteiger partial charge in [-0.15, -0.1) is 0 Å². The molecule has 35 rings (SSSR count). The Labute approximate surface area is 813 Å². The largest absolute Gasteiger partial charge is 0.309 e. The first kappa shape index (κ1) is 78.3. The van der Waals surface area contributed by atoms with Crippen LogP contribution in [0.25, 0.3) is 55.6 Å². The maximum atomic E-state index is 4.78. The van der Waals surface area contributed by atoms with Crippen LogP contribution in [0.4, 0.5) is 85.3 Å². The fraction of sp³-hybridized carbons (Fsp3) is 0.115. The molecule has 0 atom stereocenters. The van der Waals surface area contributed by atoms with Gasteiger partial charge in [0.05, 0.1) is 91.5 Å². The zero-order valence-corrected chi connectivity index (χ0v) is 77.2. The lowest BCUT2D eigenvalue weighted by Crippen LogP contribution is -2.25. The van der Waals surface area contributed by atoms with Crippen molar-refractivity contribution in [3.05, 3.63) is 532 Å². The molecule has 10 heteroatoms. The molecule has 0 saturated heterocycles. The minimum absolute atomic E-state index is 0.916. The van der Waals surface area contributed by atoms with Crippen molar-refractivity contribution in [2.75, 3.05) is 24.5 Å². The van der Waals surface area contributed by atoms with Crippen LogP contribution >= 0.6 is 0 Å². The molecule has 15 aliphatic rings. The first-order chi connectivity index (χ1) is 69.4. The average Bonchev–Trinajstić information content (AvgIpc) is 1.27. The molecule has 5 aliphatic carbocycles. The van der Waals surface area contributed by atoms with Gasteiger partial charge in [0, 0.05) is 119 Å². The van der Waals surface area contributed by atoms with E-state index in [-0.39, 0.29) is 0 Å². The number of aromatic nitrogens is 5. The van der Waals surface area contributed by atoms with Gasteiger partial charge < -0.3 is 24.5 Å². The molecule has 140 heavy (non-hydrogen) atoms. The van der Waals surface area contributed by atoms with E-state index in [0.29, 0.717) is 0 Å². The molecule has 0 amide bonds. The summed E-state index contributed by atoms with van der Waals surface area (Å²) in [4.78, 5) is 35.3. The molecule has 0 spiro atoms. The van der Waals surface area contributed by atoms with Crippen LogP contribution in [0.1, 0.15) is 167 Å². The van der Waals surface area contributed by atoms with Gasteiger partial charge in [0.25, 0.3) is 0 Å². The van der Waals surface area contributed by atoms with Gasteiger partial charge in [-0.1, -0.05) is 243 Å². The lowest BCUT2D eigenvalue weighted by molar-refractivity contribution is 0.958. The van der Waals surface area contributed by atoms with E-state index in [9.17, 15) is 0 Å². The molecule has 5 aromatic heterocycles. The number of fused-ring (bicyclic) bond motifs is 38. The van der Waals surface area contributed by atoms with Crippen LogP contribution in [0.2, 0.25) is 0 Å². The lowest BCUT2D eigenvalue weighted by Gasteiger charge is -2.40. The molecular formula is C130H90N10. The van der Waals surface area contributed by atoms with Crippen molar-refractivity contribution in [1.29, 1.82) is 0 Å². The number of hydrogen-bond donors (Lipinski definition) is 0. The first-order valence-electron chi connectivity index (χ1n) is 49.8. The first-order valence-corrected chi connectivity index (χ1v) is 49.8. The number of rotatable bonds is 0. The standard InChI is InChI=1S/5C26H18N2/c1-3-7-22-16(5-1)9-18-11-19-12-21-15-27-14-20-10-17-6-2-4-8-24(17)28(26(20)21)25(19)13-23(18)22;1-3-7-21-16(5-1)11-19-13-20-14-23-26-18(9-10-27-23)12-17-6-2-4-8-24(17)28(26)25(20)15-22(19)21;1-2-8-20-16(5-1)13-17-10-11-23-21(25(17)20)14-18-6-3-7-19-15-22-24(9-4-12-27-22)28(23)26(18)19;1-2-7-21-16(4-1)12-18-8-9-23-22(25(18)21)14-20-6-3-5-19-13-17-10-11-27-15-24(17)28(23)26(19)20;1-2-7-21-16(4-1)12-17-8-9-24-22(25(17)21)14-19-6-3-5-18-13-20-15-27-11-10-23(20)28(24)26(18)19/h1-8,11,13-15H,9-10,12H2;1-10,13,15H,11-12,14H2;1-12H,13-15H2;2*1-11,15H,12-14H2. The van der Waals surface area contributed by atoms with Gasteiger partial charge in [0.1, 0.15) is 0 Å². The molecule has 0 radical (unpaired) electrons. The van der Waals surface area contributed by atoms with E-state index in [0.717, 1.165) is 96.3 Å². The summed E-state index contributed by atoms with van der Waals surface area (Å²) in [5, 5.41) is 0. The Morgan fingerprint density at radius 3 is 1.01 bits per heavy atom. The van der Waals surface area contributed by atoms with Crippen molar-refractivity contribution in [3.63, 3.8) is 0 Å². The maximum absolute atomic E-state index is 4.78. The summed E-state index contributed by atoms with van der Waals surface area (Å²) in [7, 11) is 0. The van der Waals surface area contributed by atoms with Gasteiger partial charge in [-0.3, -0.25) is 24.9 Å². The molecule has 20 aromatic rings. The van der Waals surface area contributed by atoms with Crippen molar-refractivity contribution in [2.45, 2.75) is 96.3 Å². The van der Waals surface area contributed by atoms with Gasteiger partial charge in [0.15, 0.2) is 0 Å². The van der Waals surface area contributed by atoms with Crippen LogP contribution in [-0.2, 0) is 96.3 Å². The molecular weight excluding hydrogens is 1700 g/mol. The Hall–Kier alpha value is -17.0. The van der Waals surface area contributed by atoms with Crippen LogP contribution in [0.15, 0.2) is 365 Å². The van der Waals surface area contributed by atoms with Crippen molar-refractivity contribution in [2.24, 2.45) is 0 Å². The van der Waals surface area contributed by atoms with E-state index in [4.69, 9.17) is 9.97 Å². The van der Waals surface area contributed by atoms with Gasteiger partial charge in [-0.25, -0.2) is 0 Å². The topological polar surface area (TPSA) is 80.7 Å². The van der Waals surface area contributed by atoms with Crippen LogP contribution in [-0.4, -0.2) is 24.9 Å². The number of anilines is 15. The van der Waals surface area contributed by atoms with E-state index in [1.54, 1.807) is 0 Å². The van der Waals surface area contributed by atoms with Crippen molar-refractivity contribution >= 4 is 85.3 Å². The van der Waals surface area contributed by atoms with Gasteiger partial charge in [-0.2, -0.15) is 0 Å². The minimum atomic E-state index is 0.916. The SMILES string of the molecule is c1ccc2c(c1)Cc1cc3c(cc1-2)N1c2ccccc2Cc2ccnc(c21)C3.c1ccc2c(c1)Cc1cc3c(cc1-2)N1c2ccccc2Cc2cncc(c21)C3.c1ccc2c(c1)Cc1ccc3c(c1-2)Cc1cccc2c1N3c1cccnc1C2.c1ccc2c(c1)Cc1ccc3c(c1-2)Cc1cccc2c1N3c1ccncc1C2.c1ccc2c(c1)Cc1ccc3c(c1-2)Cc1cccc2c1N3c1cnccc1C2. The quantitative estimate of drug-likeness (QED) is 0.146. The Morgan fingerprint density at radius 1 is 0.150 bits per heavy atom. The monoisotopic (exact) mass is 1790 g/mol. The Bertz CT molecular complexity index is 8030. The second-order valence-corrected chi connectivity index (χ2v) is 40.3. The number of para-hydroxylation sites is 5. The fourth-order valence-corrected chi connectivity index (χ4v) is 26.9. The molecule has 15 aromatic carbocycles. The summed E-state index contributed by atoms with van der Waals surface area (Å²) in [6.45, 7) is 0. The van der Waals surface area contributed by atoms with Crippen LogP contribution in [0, 0.1) is 0 Å². The minimum Gasteiger partial charge on any atom is -0.309 e. The number of benzene rings is 15. The second kappa shape index (κ2) is 30.3. The predicted molar refractivity (Wildman–Crippen MR) is 564 cm³/mol. The van der Waals surface area contributed by atoms with E-state index in [1.807, 2.05) is 37.2 Å². The summed E-state index contributed by atoms with van der Waals surface area (Å²) >= 11 is 0. The molecule has 0 N–H and O–H groups in total. The molecule has 10 nitrogen and oxygen atoms in total. The van der Waals surface area contributed by atoms with Crippen molar-refractivity contribution in [1.82, 2.24) is 24.9 Å². The summed E-state index contributed by atoms with van der Waals surface area (Å²) in [6, 6.07) is 117.